The summed E-state index contributed by atoms with van der Waals surface area (Å²) in [6.45, 7) is 9.39. The van der Waals surface area contributed by atoms with E-state index >= 15 is 0 Å². The minimum Gasteiger partial charge on any atom is -0.236 e. The topological polar surface area (TPSA) is 17.8 Å². The van der Waals surface area contributed by atoms with E-state index in [9.17, 15) is 0 Å². The molecule has 4 rings (SSSR count). The van der Waals surface area contributed by atoms with E-state index in [0.29, 0.717) is 0 Å². The molecule has 0 atom stereocenters. The molecular weight excluding hydrogens is 407 g/mol. The number of aromatic nitrogens is 2. The zero-order chi connectivity index (χ0) is 17.1. The van der Waals surface area contributed by atoms with Crippen molar-refractivity contribution in [2.45, 2.75) is 38.5 Å². The number of nitrogens with zero attached hydrogens (tertiary/aromatic N) is 2. The standard InChI is InChI=1S/C21H21IN2/c1-20(2)17-12-15(22)10-11-18(17)24-19(21(20,3)4)16(13-23-24)14-8-6-5-7-9-14/h5-13H,1-4H3. The van der Waals surface area contributed by atoms with Crippen LogP contribution in [0.5, 0.6) is 0 Å². The van der Waals surface area contributed by atoms with Gasteiger partial charge in [0, 0.05) is 20.0 Å². The molecule has 0 radical (unpaired) electrons. The van der Waals surface area contributed by atoms with E-state index in [1.165, 1.54) is 31.6 Å². The van der Waals surface area contributed by atoms with Crippen molar-refractivity contribution in [2.24, 2.45) is 0 Å². The highest BCUT2D eigenvalue weighted by Crippen LogP contribution is 2.52. The Bertz CT molecular complexity index is 920. The second kappa shape index (κ2) is 5.19. The molecule has 1 aromatic heterocycles. The molecule has 122 valence electrons. The fraction of sp³-hybridized carbons (Fsp3) is 0.286. The molecule has 3 heteroatoms. The van der Waals surface area contributed by atoms with Gasteiger partial charge in [0.25, 0.3) is 0 Å². The summed E-state index contributed by atoms with van der Waals surface area (Å²) in [6.07, 6.45) is 2.02. The highest BCUT2D eigenvalue weighted by Gasteiger charge is 2.48. The number of halogens is 1. The van der Waals surface area contributed by atoms with Crippen LogP contribution >= 0.6 is 22.6 Å². The molecule has 0 saturated carbocycles. The van der Waals surface area contributed by atoms with Crippen LogP contribution in [-0.4, -0.2) is 9.78 Å². The van der Waals surface area contributed by atoms with Crippen molar-refractivity contribution < 1.29 is 0 Å². The molecule has 0 aliphatic carbocycles. The average molecular weight is 428 g/mol. The lowest BCUT2D eigenvalue weighted by Gasteiger charge is -2.47. The molecule has 0 spiro atoms. The summed E-state index contributed by atoms with van der Waals surface area (Å²) in [4.78, 5) is 0. The molecular formula is C21H21IN2. The van der Waals surface area contributed by atoms with E-state index in [4.69, 9.17) is 5.10 Å². The molecule has 0 fully saturated rings. The quantitative estimate of drug-likeness (QED) is 0.454. The molecule has 0 N–H and O–H groups in total. The number of hydrogen-bond donors (Lipinski definition) is 0. The Morgan fingerprint density at radius 1 is 0.917 bits per heavy atom. The first-order valence-corrected chi connectivity index (χ1v) is 9.36. The second-order valence-corrected chi connectivity index (χ2v) is 8.84. The maximum Gasteiger partial charge on any atom is 0.0687 e. The van der Waals surface area contributed by atoms with Gasteiger partial charge in [0.15, 0.2) is 0 Å². The van der Waals surface area contributed by atoms with Crippen LogP contribution in [0.3, 0.4) is 0 Å². The summed E-state index contributed by atoms with van der Waals surface area (Å²) in [6, 6.07) is 17.3. The van der Waals surface area contributed by atoms with Gasteiger partial charge in [0.1, 0.15) is 0 Å². The Morgan fingerprint density at radius 2 is 1.62 bits per heavy atom. The van der Waals surface area contributed by atoms with E-state index in [-0.39, 0.29) is 10.8 Å². The molecule has 0 bridgehead atoms. The summed E-state index contributed by atoms with van der Waals surface area (Å²) < 4.78 is 3.42. The van der Waals surface area contributed by atoms with Gasteiger partial charge in [-0.15, -0.1) is 0 Å². The van der Waals surface area contributed by atoms with Crippen LogP contribution in [-0.2, 0) is 10.8 Å². The summed E-state index contributed by atoms with van der Waals surface area (Å²) in [5, 5.41) is 4.78. The first kappa shape index (κ1) is 15.9. The van der Waals surface area contributed by atoms with Gasteiger partial charge < -0.3 is 0 Å². The van der Waals surface area contributed by atoms with E-state index in [0.717, 1.165) is 0 Å². The van der Waals surface area contributed by atoms with Gasteiger partial charge in [-0.3, -0.25) is 0 Å². The van der Waals surface area contributed by atoms with Crippen molar-refractivity contribution in [3.63, 3.8) is 0 Å². The van der Waals surface area contributed by atoms with Crippen LogP contribution in [0.25, 0.3) is 16.8 Å². The molecule has 0 amide bonds. The molecule has 24 heavy (non-hydrogen) atoms. The van der Waals surface area contributed by atoms with Gasteiger partial charge in [-0.2, -0.15) is 5.10 Å². The molecule has 0 unspecified atom stereocenters. The van der Waals surface area contributed by atoms with Crippen molar-refractivity contribution in [1.29, 1.82) is 0 Å². The zero-order valence-corrected chi connectivity index (χ0v) is 16.6. The predicted molar refractivity (Wildman–Crippen MR) is 108 cm³/mol. The molecule has 1 aliphatic rings. The van der Waals surface area contributed by atoms with Crippen molar-refractivity contribution in [1.82, 2.24) is 9.78 Å². The third-order valence-corrected chi connectivity index (χ3v) is 6.54. The summed E-state index contributed by atoms with van der Waals surface area (Å²) in [7, 11) is 0. The summed E-state index contributed by atoms with van der Waals surface area (Å²) >= 11 is 2.40. The van der Waals surface area contributed by atoms with Gasteiger partial charge in [-0.05, 0) is 51.9 Å². The van der Waals surface area contributed by atoms with Crippen molar-refractivity contribution >= 4 is 22.6 Å². The van der Waals surface area contributed by atoms with E-state index < -0.39 is 0 Å². The minimum absolute atomic E-state index is 0.0169. The lowest BCUT2D eigenvalue weighted by Crippen LogP contribution is -2.46. The van der Waals surface area contributed by atoms with Crippen LogP contribution in [0.1, 0.15) is 39.0 Å². The first-order chi connectivity index (χ1) is 11.3. The smallest absolute Gasteiger partial charge is 0.0687 e. The lowest BCUT2D eigenvalue weighted by atomic mass is 9.59. The Balaban J connectivity index is 2.07. The predicted octanol–water partition coefficient (Wildman–Crippen LogP) is 5.71. The third kappa shape index (κ3) is 2.03. The van der Waals surface area contributed by atoms with Crippen LogP contribution in [0.2, 0.25) is 0 Å². The third-order valence-electron chi connectivity index (χ3n) is 5.87. The van der Waals surface area contributed by atoms with E-state index in [2.05, 4.69) is 103 Å². The van der Waals surface area contributed by atoms with Crippen molar-refractivity contribution in [3.05, 3.63) is 69.6 Å². The highest BCUT2D eigenvalue weighted by atomic mass is 127. The fourth-order valence-corrected chi connectivity index (χ4v) is 4.28. The molecule has 2 aromatic carbocycles. The van der Waals surface area contributed by atoms with Gasteiger partial charge >= 0.3 is 0 Å². The summed E-state index contributed by atoms with van der Waals surface area (Å²) in [5.41, 5.74) is 6.32. The molecule has 2 heterocycles. The maximum atomic E-state index is 4.78. The highest BCUT2D eigenvalue weighted by molar-refractivity contribution is 14.1. The lowest BCUT2D eigenvalue weighted by molar-refractivity contribution is 0.276. The Hall–Kier alpha value is -1.62. The molecule has 3 aromatic rings. The number of benzene rings is 2. The van der Waals surface area contributed by atoms with Crippen LogP contribution in [0.15, 0.2) is 54.7 Å². The second-order valence-electron chi connectivity index (χ2n) is 7.60. The molecule has 2 nitrogen and oxygen atoms in total. The number of hydrogen-bond acceptors (Lipinski definition) is 1. The SMILES string of the molecule is CC1(C)c2cc(I)ccc2-n2ncc(-c3ccccc3)c2C1(C)C. The Labute approximate surface area is 157 Å². The fourth-order valence-electron chi connectivity index (χ4n) is 3.79. The van der Waals surface area contributed by atoms with Gasteiger partial charge in [-0.1, -0.05) is 58.0 Å². The van der Waals surface area contributed by atoms with Crippen LogP contribution in [0.4, 0.5) is 0 Å². The van der Waals surface area contributed by atoms with Gasteiger partial charge in [0.2, 0.25) is 0 Å². The van der Waals surface area contributed by atoms with Gasteiger partial charge in [0.05, 0.1) is 17.6 Å². The minimum atomic E-state index is -0.0356. The normalized spacial score (nSPS) is 17.2. The Morgan fingerprint density at radius 3 is 2.33 bits per heavy atom. The maximum absolute atomic E-state index is 4.78. The van der Waals surface area contributed by atoms with E-state index in [1.54, 1.807) is 0 Å². The van der Waals surface area contributed by atoms with Crippen molar-refractivity contribution in [3.8, 4) is 16.8 Å². The molecule has 0 saturated heterocycles. The first-order valence-electron chi connectivity index (χ1n) is 8.28. The summed E-state index contributed by atoms with van der Waals surface area (Å²) in [5.74, 6) is 0. The zero-order valence-electron chi connectivity index (χ0n) is 14.5. The van der Waals surface area contributed by atoms with Crippen molar-refractivity contribution in [2.75, 3.05) is 0 Å². The average Bonchev–Trinajstić information content (AvgIpc) is 3.00. The number of rotatable bonds is 1. The Kier molecular flexibility index (Phi) is 3.43. The van der Waals surface area contributed by atoms with Gasteiger partial charge in [-0.25, -0.2) is 4.68 Å². The van der Waals surface area contributed by atoms with Crippen LogP contribution < -0.4 is 0 Å². The monoisotopic (exact) mass is 428 g/mol. The van der Waals surface area contributed by atoms with Crippen LogP contribution in [0, 0.1) is 3.57 Å². The van der Waals surface area contributed by atoms with E-state index in [1.807, 2.05) is 6.20 Å². The molecule has 1 aliphatic heterocycles. The largest absolute Gasteiger partial charge is 0.236 e. The number of fused-ring (bicyclic) bond motifs is 3.